The minimum atomic E-state index is 0.312. The summed E-state index contributed by atoms with van der Waals surface area (Å²) in [6.07, 6.45) is 6.38. The summed E-state index contributed by atoms with van der Waals surface area (Å²) in [4.78, 5) is 0. The molecule has 0 spiro atoms. The molecule has 0 aromatic heterocycles. The molecule has 2 heteroatoms. The zero-order chi connectivity index (χ0) is 11.7. The van der Waals surface area contributed by atoms with Crippen LogP contribution in [-0.4, -0.2) is 18.6 Å². The van der Waals surface area contributed by atoms with E-state index in [1.165, 1.54) is 19.3 Å². The molecule has 0 fully saturated rings. The summed E-state index contributed by atoms with van der Waals surface area (Å²) in [5, 5.41) is 0. The van der Waals surface area contributed by atoms with Crippen LogP contribution in [0.25, 0.3) is 0 Å². The average molecular weight is 235 g/mol. The van der Waals surface area contributed by atoms with Gasteiger partial charge in [-0.2, -0.15) is 0 Å². The van der Waals surface area contributed by atoms with Crippen LogP contribution in [0.4, 0.5) is 0 Å². The summed E-state index contributed by atoms with van der Waals surface area (Å²) in [6, 6.07) is 0. The van der Waals surface area contributed by atoms with Crippen LogP contribution in [0.2, 0.25) is 0 Å². The molecule has 0 aliphatic heterocycles. The monoisotopic (exact) mass is 234 g/mol. The van der Waals surface area contributed by atoms with Gasteiger partial charge >= 0.3 is 0 Å². The fraction of sp³-hybridized carbons (Fsp3) is 1.00. The lowest BCUT2D eigenvalue weighted by molar-refractivity contribution is 0.0515. The maximum absolute atomic E-state index is 6.12. The topological polar surface area (TPSA) is 9.23 Å². The lowest BCUT2D eigenvalue weighted by Gasteiger charge is -2.31. The number of hydrogen-bond acceptors (Lipinski definition) is 1. The lowest BCUT2D eigenvalue weighted by atomic mass is 9.79. The van der Waals surface area contributed by atoms with Crippen LogP contribution in [0.1, 0.15) is 59.8 Å². The zero-order valence-electron chi connectivity index (χ0n) is 10.8. The molecule has 0 aromatic rings. The van der Waals surface area contributed by atoms with Crippen molar-refractivity contribution in [1.29, 1.82) is 0 Å². The predicted molar refractivity (Wildman–Crippen MR) is 68.7 cm³/mol. The van der Waals surface area contributed by atoms with Crippen molar-refractivity contribution in [2.75, 3.05) is 12.5 Å². The highest BCUT2D eigenvalue weighted by molar-refractivity contribution is 6.18. The first-order valence-electron chi connectivity index (χ1n) is 6.27. The van der Waals surface area contributed by atoms with E-state index >= 15 is 0 Å². The van der Waals surface area contributed by atoms with E-state index in [-0.39, 0.29) is 0 Å². The third-order valence-electron chi connectivity index (χ3n) is 3.18. The van der Waals surface area contributed by atoms with Crippen molar-refractivity contribution in [3.05, 3.63) is 0 Å². The summed E-state index contributed by atoms with van der Waals surface area (Å²) < 4.78 is 5.62. The van der Waals surface area contributed by atoms with Crippen molar-refractivity contribution in [2.45, 2.75) is 65.9 Å². The van der Waals surface area contributed by atoms with Crippen molar-refractivity contribution in [1.82, 2.24) is 0 Å². The Morgan fingerprint density at radius 2 is 1.87 bits per heavy atom. The zero-order valence-corrected chi connectivity index (χ0v) is 11.6. The van der Waals surface area contributed by atoms with Crippen LogP contribution in [0.15, 0.2) is 0 Å². The van der Waals surface area contributed by atoms with Crippen LogP contribution >= 0.6 is 11.6 Å². The number of hydrogen-bond donors (Lipinski definition) is 0. The fourth-order valence-corrected chi connectivity index (χ4v) is 2.23. The maximum Gasteiger partial charge on any atom is 0.0518 e. The molecule has 0 rings (SSSR count). The van der Waals surface area contributed by atoms with Crippen molar-refractivity contribution < 1.29 is 4.74 Å². The van der Waals surface area contributed by atoms with Gasteiger partial charge in [-0.05, 0) is 38.5 Å². The van der Waals surface area contributed by atoms with E-state index in [9.17, 15) is 0 Å². The molecule has 0 aliphatic carbocycles. The Labute approximate surface area is 101 Å². The second-order valence-electron chi connectivity index (χ2n) is 4.76. The van der Waals surface area contributed by atoms with E-state index < -0.39 is 0 Å². The van der Waals surface area contributed by atoms with Crippen molar-refractivity contribution in [3.8, 4) is 0 Å². The van der Waals surface area contributed by atoms with Gasteiger partial charge in [0.25, 0.3) is 0 Å². The molecule has 0 aliphatic rings. The Morgan fingerprint density at radius 3 is 2.27 bits per heavy atom. The van der Waals surface area contributed by atoms with E-state index in [1.54, 1.807) is 0 Å². The first-order valence-corrected chi connectivity index (χ1v) is 6.81. The molecule has 0 aromatic carbocycles. The van der Waals surface area contributed by atoms with Crippen molar-refractivity contribution in [3.63, 3.8) is 0 Å². The molecule has 0 saturated heterocycles. The highest BCUT2D eigenvalue weighted by Crippen LogP contribution is 2.34. The maximum atomic E-state index is 6.12. The molecule has 0 heterocycles. The SMILES string of the molecule is CCCCC(CC)(CCl)CCOC(C)C. The quantitative estimate of drug-likeness (QED) is 0.529. The van der Waals surface area contributed by atoms with Crippen LogP contribution < -0.4 is 0 Å². The lowest BCUT2D eigenvalue weighted by Crippen LogP contribution is -2.25. The summed E-state index contributed by atoms with van der Waals surface area (Å²) in [6.45, 7) is 9.50. The second kappa shape index (κ2) is 8.41. The Hall–Kier alpha value is 0.250. The van der Waals surface area contributed by atoms with Gasteiger partial charge < -0.3 is 4.74 Å². The number of halogens is 1. The summed E-state index contributed by atoms with van der Waals surface area (Å²) in [7, 11) is 0. The standard InChI is InChI=1S/C13H27ClO/c1-5-7-8-13(6-2,11-14)9-10-15-12(3)4/h12H,5-11H2,1-4H3. The molecule has 0 N–H and O–H groups in total. The minimum absolute atomic E-state index is 0.312. The van der Waals surface area contributed by atoms with E-state index in [2.05, 4.69) is 27.7 Å². The molecule has 1 atom stereocenters. The molecule has 92 valence electrons. The van der Waals surface area contributed by atoms with E-state index in [4.69, 9.17) is 16.3 Å². The smallest absolute Gasteiger partial charge is 0.0518 e. The number of alkyl halides is 1. The van der Waals surface area contributed by atoms with Crippen molar-refractivity contribution >= 4 is 11.6 Å². The van der Waals surface area contributed by atoms with Gasteiger partial charge in [0, 0.05) is 12.5 Å². The Bertz CT molecular complexity index is 141. The molecule has 1 nitrogen and oxygen atoms in total. The van der Waals surface area contributed by atoms with E-state index in [0.717, 1.165) is 25.3 Å². The molecule has 0 saturated carbocycles. The first-order chi connectivity index (χ1) is 7.10. The summed E-state index contributed by atoms with van der Waals surface area (Å²) in [5.41, 5.74) is 0.312. The molecular weight excluding hydrogens is 208 g/mol. The Kier molecular flexibility index (Phi) is 8.55. The Morgan fingerprint density at radius 1 is 1.20 bits per heavy atom. The van der Waals surface area contributed by atoms with Gasteiger partial charge in [-0.1, -0.05) is 26.7 Å². The molecule has 0 bridgehead atoms. The molecule has 15 heavy (non-hydrogen) atoms. The number of unbranched alkanes of at least 4 members (excludes halogenated alkanes) is 1. The van der Waals surface area contributed by atoms with Gasteiger partial charge in [-0.3, -0.25) is 0 Å². The first kappa shape index (κ1) is 15.2. The third kappa shape index (κ3) is 6.42. The highest BCUT2D eigenvalue weighted by atomic mass is 35.5. The largest absolute Gasteiger partial charge is 0.379 e. The normalized spacial score (nSPS) is 15.6. The number of ether oxygens (including phenoxy) is 1. The van der Waals surface area contributed by atoms with Crippen molar-refractivity contribution in [2.24, 2.45) is 5.41 Å². The van der Waals surface area contributed by atoms with Crippen LogP contribution in [0.5, 0.6) is 0 Å². The molecule has 0 amide bonds. The van der Waals surface area contributed by atoms with Crippen LogP contribution in [0, 0.1) is 5.41 Å². The van der Waals surface area contributed by atoms with Gasteiger partial charge in [0.05, 0.1) is 6.10 Å². The van der Waals surface area contributed by atoms with Crippen LogP contribution in [-0.2, 0) is 4.74 Å². The average Bonchev–Trinajstić information content (AvgIpc) is 2.23. The highest BCUT2D eigenvalue weighted by Gasteiger charge is 2.26. The van der Waals surface area contributed by atoms with Gasteiger partial charge in [-0.15, -0.1) is 11.6 Å². The minimum Gasteiger partial charge on any atom is -0.379 e. The fourth-order valence-electron chi connectivity index (χ4n) is 1.77. The third-order valence-corrected chi connectivity index (χ3v) is 3.74. The molecular formula is C13H27ClO. The summed E-state index contributed by atoms with van der Waals surface area (Å²) in [5.74, 6) is 0.769. The van der Waals surface area contributed by atoms with Gasteiger partial charge in [0.15, 0.2) is 0 Å². The van der Waals surface area contributed by atoms with Crippen LogP contribution in [0.3, 0.4) is 0 Å². The Balaban J connectivity index is 3.99. The predicted octanol–water partition coefficient (Wildman–Crippen LogP) is 4.63. The van der Waals surface area contributed by atoms with Gasteiger partial charge in [0.2, 0.25) is 0 Å². The second-order valence-corrected chi connectivity index (χ2v) is 5.03. The van der Waals surface area contributed by atoms with Gasteiger partial charge in [-0.25, -0.2) is 0 Å². The molecule has 0 radical (unpaired) electrons. The van der Waals surface area contributed by atoms with E-state index in [0.29, 0.717) is 11.5 Å². The summed E-state index contributed by atoms with van der Waals surface area (Å²) >= 11 is 6.12. The van der Waals surface area contributed by atoms with E-state index in [1.807, 2.05) is 0 Å². The van der Waals surface area contributed by atoms with Gasteiger partial charge in [0.1, 0.15) is 0 Å². The molecule has 1 unspecified atom stereocenters. The number of rotatable bonds is 9.